The van der Waals surface area contributed by atoms with E-state index < -0.39 is 5.31 Å². The van der Waals surface area contributed by atoms with Crippen LogP contribution < -0.4 is 15.9 Å². The molecule has 0 heterocycles. The molecular formula is C24H27BrNOP. The third-order valence-electron chi connectivity index (χ3n) is 5.43. The summed E-state index contributed by atoms with van der Waals surface area (Å²) in [6.07, 6.45) is 0.422. The summed E-state index contributed by atoms with van der Waals surface area (Å²) in [7, 11) is 0. The summed E-state index contributed by atoms with van der Waals surface area (Å²) in [6.45, 7) is 5.51. The Hall–Kier alpha value is -1.96. The molecular weight excluding hydrogens is 429 g/mol. The number of halogens is 1. The summed E-state index contributed by atoms with van der Waals surface area (Å²) < 4.78 is 0. The van der Waals surface area contributed by atoms with Crippen LogP contribution in [0.2, 0.25) is 0 Å². The van der Waals surface area contributed by atoms with Crippen molar-refractivity contribution < 1.29 is 4.79 Å². The Bertz CT molecular complexity index is 812. The number of benzene rings is 3. The van der Waals surface area contributed by atoms with E-state index in [0.29, 0.717) is 19.3 Å². The van der Waals surface area contributed by atoms with Crippen LogP contribution in [0.25, 0.3) is 0 Å². The van der Waals surface area contributed by atoms with Gasteiger partial charge in [-0.3, -0.25) is 0 Å². The van der Waals surface area contributed by atoms with Crippen LogP contribution in [0.15, 0.2) is 91.0 Å². The predicted octanol–water partition coefficient (Wildman–Crippen LogP) is 4.69. The van der Waals surface area contributed by atoms with Crippen molar-refractivity contribution in [2.24, 2.45) is 0 Å². The molecule has 0 bridgehead atoms. The van der Waals surface area contributed by atoms with E-state index in [2.05, 4.69) is 88.3 Å². The van der Waals surface area contributed by atoms with Crippen molar-refractivity contribution in [2.45, 2.75) is 13.8 Å². The Balaban J connectivity index is 2.35. The summed E-state index contributed by atoms with van der Waals surface area (Å²) in [6, 6.07) is 31.4. The van der Waals surface area contributed by atoms with Crippen LogP contribution in [-0.2, 0) is 4.79 Å². The summed E-state index contributed by atoms with van der Waals surface area (Å²) in [4.78, 5) is 15.4. The van der Waals surface area contributed by atoms with E-state index in [0.717, 1.165) is 0 Å². The fourth-order valence-electron chi connectivity index (χ4n) is 3.87. The monoisotopic (exact) mass is 455 g/mol. The molecule has 0 saturated heterocycles. The number of carbonyl (C=O) groups excluding carboxylic acids is 1. The Kier molecular flexibility index (Phi) is 6.37. The van der Waals surface area contributed by atoms with Crippen LogP contribution in [0.1, 0.15) is 13.8 Å². The van der Waals surface area contributed by atoms with Crippen LogP contribution in [0, 0.1) is 0 Å². The maximum absolute atomic E-state index is 13.5. The van der Waals surface area contributed by atoms with Crippen LogP contribution in [0.3, 0.4) is 0 Å². The quantitative estimate of drug-likeness (QED) is 0.473. The second-order valence-corrected chi connectivity index (χ2v) is 15.8. The first-order valence-corrected chi connectivity index (χ1v) is 14.2. The molecule has 146 valence electrons. The second kappa shape index (κ2) is 8.59. The van der Waals surface area contributed by atoms with E-state index in [1.165, 1.54) is 15.9 Å². The summed E-state index contributed by atoms with van der Waals surface area (Å²) in [5.74, 6) is 0.177. The molecule has 0 aromatic heterocycles. The minimum atomic E-state index is -3.18. The van der Waals surface area contributed by atoms with Crippen LogP contribution in [0.5, 0.6) is 0 Å². The van der Waals surface area contributed by atoms with Gasteiger partial charge in [-0.25, -0.2) is 0 Å². The normalized spacial score (nSPS) is 12.8. The van der Waals surface area contributed by atoms with Gasteiger partial charge in [0.15, 0.2) is 0 Å². The van der Waals surface area contributed by atoms with Crippen molar-refractivity contribution in [1.82, 2.24) is 4.90 Å². The van der Waals surface area contributed by atoms with Crippen molar-refractivity contribution in [1.29, 1.82) is 0 Å². The van der Waals surface area contributed by atoms with Gasteiger partial charge < -0.3 is 0 Å². The molecule has 0 aliphatic heterocycles. The van der Waals surface area contributed by atoms with E-state index in [1.54, 1.807) is 0 Å². The van der Waals surface area contributed by atoms with Crippen molar-refractivity contribution in [3.8, 4) is 0 Å². The Morgan fingerprint density at radius 3 is 1.32 bits per heavy atom. The third kappa shape index (κ3) is 3.54. The summed E-state index contributed by atoms with van der Waals surface area (Å²) in [5, 5.41) is 0.341. The Morgan fingerprint density at radius 1 is 0.714 bits per heavy atom. The van der Waals surface area contributed by atoms with E-state index in [4.69, 9.17) is 0 Å². The predicted molar refractivity (Wildman–Crippen MR) is 127 cm³/mol. The molecule has 3 aromatic carbocycles. The fraction of sp³-hybridized carbons (Fsp3) is 0.208. The van der Waals surface area contributed by atoms with Gasteiger partial charge in [0.25, 0.3) is 0 Å². The fourth-order valence-corrected chi connectivity index (χ4v) is 11.2. The van der Waals surface area contributed by atoms with E-state index >= 15 is 0 Å². The number of hydrogen-bond donors (Lipinski definition) is 0. The molecule has 0 aliphatic carbocycles. The van der Waals surface area contributed by atoms with Gasteiger partial charge in [-0.05, 0) is 0 Å². The van der Waals surface area contributed by atoms with Gasteiger partial charge >= 0.3 is 176 Å². The van der Waals surface area contributed by atoms with Crippen LogP contribution >= 0.6 is 20.8 Å². The molecule has 28 heavy (non-hydrogen) atoms. The summed E-state index contributed by atoms with van der Waals surface area (Å²) >= 11 is 4.33. The molecule has 0 saturated carbocycles. The zero-order valence-electron chi connectivity index (χ0n) is 16.5. The SMILES string of the molecule is CCN(CC)C(=O)CP(Br)(c1ccccc1)(c1ccccc1)c1ccccc1. The number of carbonyl (C=O) groups is 1. The first-order chi connectivity index (χ1) is 13.5. The Labute approximate surface area is 176 Å². The number of rotatable bonds is 7. The molecule has 0 N–H and O–H groups in total. The molecule has 2 nitrogen and oxygen atoms in total. The molecule has 0 radical (unpaired) electrons. The van der Waals surface area contributed by atoms with Crippen molar-refractivity contribution >= 4 is 42.6 Å². The van der Waals surface area contributed by atoms with Gasteiger partial charge in [-0.2, -0.15) is 0 Å². The average Bonchev–Trinajstić information content (AvgIpc) is 2.76. The van der Waals surface area contributed by atoms with Crippen LogP contribution in [0.4, 0.5) is 0 Å². The Morgan fingerprint density at radius 2 is 1.04 bits per heavy atom. The van der Waals surface area contributed by atoms with Gasteiger partial charge in [0, 0.05) is 0 Å². The molecule has 3 rings (SSSR count). The third-order valence-corrected chi connectivity index (χ3v) is 14.9. The second-order valence-electron chi connectivity index (χ2n) is 6.91. The maximum atomic E-state index is 13.5. The average molecular weight is 456 g/mol. The van der Waals surface area contributed by atoms with E-state index in [-0.39, 0.29) is 5.91 Å². The van der Waals surface area contributed by atoms with E-state index in [9.17, 15) is 4.79 Å². The van der Waals surface area contributed by atoms with Crippen molar-refractivity contribution in [2.75, 3.05) is 19.3 Å². The molecule has 3 aromatic rings. The number of amides is 1. The molecule has 0 aliphatic rings. The molecule has 1 amide bonds. The van der Waals surface area contributed by atoms with Crippen molar-refractivity contribution in [3.05, 3.63) is 91.0 Å². The topological polar surface area (TPSA) is 20.3 Å². The molecule has 0 atom stereocenters. The van der Waals surface area contributed by atoms with Crippen LogP contribution in [-0.4, -0.2) is 30.1 Å². The molecule has 0 unspecified atom stereocenters. The standard InChI is InChI=1S/C24H27BrNOP/c1-3-26(4-2)24(27)20-28(25,21-14-8-5-9-15-21,22-16-10-6-11-17-22)23-18-12-7-13-19-23/h5-19H,3-4,20H2,1-2H3. The summed E-state index contributed by atoms with van der Waals surface area (Å²) in [5.41, 5.74) is 0. The minimum absolute atomic E-state index is 0.177. The van der Waals surface area contributed by atoms with Gasteiger partial charge in [-0.15, -0.1) is 0 Å². The molecule has 4 heteroatoms. The van der Waals surface area contributed by atoms with Gasteiger partial charge in [0.2, 0.25) is 0 Å². The van der Waals surface area contributed by atoms with E-state index in [1.807, 2.05) is 36.9 Å². The molecule has 0 spiro atoms. The van der Waals surface area contributed by atoms with Gasteiger partial charge in [-0.1, -0.05) is 0 Å². The molecule has 0 fully saturated rings. The zero-order chi connectivity index (χ0) is 20.1. The van der Waals surface area contributed by atoms with Crippen molar-refractivity contribution in [3.63, 3.8) is 0 Å². The number of hydrogen-bond acceptors (Lipinski definition) is 1. The first kappa shape index (κ1) is 20.8. The number of nitrogens with zero attached hydrogens (tertiary/aromatic N) is 1. The zero-order valence-corrected chi connectivity index (χ0v) is 18.9. The van der Waals surface area contributed by atoms with Gasteiger partial charge in [0.1, 0.15) is 0 Å². The van der Waals surface area contributed by atoms with Gasteiger partial charge in [0.05, 0.1) is 0 Å². The first-order valence-electron chi connectivity index (χ1n) is 9.72.